The molecule has 40 valence electrons. The van der Waals surface area contributed by atoms with Crippen molar-refractivity contribution < 1.29 is 14.3 Å². The quantitative estimate of drug-likeness (QED) is 0.206. The lowest BCUT2D eigenvalue weighted by molar-refractivity contribution is -0.130. The SMILES string of the molecule is [B]C(=O)OC(=O)C=C. The molecule has 0 aliphatic heterocycles. The first-order valence-electron chi connectivity index (χ1n) is 1.80. The summed E-state index contributed by atoms with van der Waals surface area (Å²) in [7, 11) is 4.44. The summed E-state index contributed by atoms with van der Waals surface area (Å²) in [6, 6.07) is 0. The molecule has 2 radical (unpaired) electrons. The highest BCUT2D eigenvalue weighted by Gasteiger charge is 1.96. The Morgan fingerprint density at radius 1 is 1.62 bits per heavy atom. The molecule has 0 N–H and O–H groups in total. The third kappa shape index (κ3) is 3.15. The topological polar surface area (TPSA) is 43.4 Å². The maximum atomic E-state index is 9.98. The van der Waals surface area contributed by atoms with Crippen LogP contribution in [0, 0.1) is 0 Å². The van der Waals surface area contributed by atoms with Crippen LogP contribution >= 0.6 is 0 Å². The Bertz CT molecular complexity index is 129. The van der Waals surface area contributed by atoms with Crippen LogP contribution in [0.2, 0.25) is 0 Å². The van der Waals surface area contributed by atoms with Gasteiger partial charge in [0.1, 0.15) is 0 Å². The lowest BCUT2D eigenvalue weighted by atomic mass is 10.2. The Hall–Kier alpha value is -1.06. The molecule has 0 unspecified atom stereocenters. The molecule has 0 atom stereocenters. The molecule has 4 heteroatoms. The number of hydrogen-bond donors (Lipinski definition) is 0. The first kappa shape index (κ1) is 6.94. The summed E-state index contributed by atoms with van der Waals surface area (Å²) in [5.74, 6) is -1.95. The second-order valence-electron chi connectivity index (χ2n) is 0.944. The summed E-state index contributed by atoms with van der Waals surface area (Å²) >= 11 is 0. The van der Waals surface area contributed by atoms with Crippen LogP contribution < -0.4 is 0 Å². The Labute approximate surface area is 47.7 Å². The third-order valence-electron chi connectivity index (χ3n) is 0.368. The average Bonchev–Trinajstić information content (AvgIpc) is 1.65. The van der Waals surface area contributed by atoms with Gasteiger partial charge in [0.2, 0.25) is 13.7 Å². The smallest absolute Gasteiger partial charge is 0.337 e. The van der Waals surface area contributed by atoms with Gasteiger partial charge in [0.05, 0.1) is 0 Å². The maximum absolute atomic E-state index is 9.98. The van der Waals surface area contributed by atoms with E-state index in [2.05, 4.69) is 19.2 Å². The molecule has 0 bridgehead atoms. The normalized spacial score (nSPS) is 7.50. The van der Waals surface area contributed by atoms with E-state index in [4.69, 9.17) is 0 Å². The zero-order valence-electron chi connectivity index (χ0n) is 4.09. The van der Waals surface area contributed by atoms with Crippen molar-refractivity contribution in [1.29, 1.82) is 0 Å². The van der Waals surface area contributed by atoms with Crippen molar-refractivity contribution in [3.63, 3.8) is 0 Å². The largest absolute Gasteiger partial charge is 0.401 e. The lowest BCUT2D eigenvalue weighted by Crippen LogP contribution is -2.06. The van der Waals surface area contributed by atoms with Crippen LogP contribution in [0.15, 0.2) is 12.7 Å². The number of carbonyl (C=O) groups is 2. The second kappa shape index (κ2) is 3.01. The van der Waals surface area contributed by atoms with Gasteiger partial charge in [-0.05, 0) is 0 Å². The molecule has 0 rings (SSSR count). The van der Waals surface area contributed by atoms with Crippen LogP contribution in [0.3, 0.4) is 0 Å². The zero-order chi connectivity index (χ0) is 6.57. The first-order chi connectivity index (χ1) is 3.66. The van der Waals surface area contributed by atoms with Gasteiger partial charge in [-0.2, -0.15) is 0 Å². The van der Waals surface area contributed by atoms with Gasteiger partial charge in [-0.3, -0.25) is 4.79 Å². The third-order valence-corrected chi connectivity index (χ3v) is 0.368. The minimum Gasteiger partial charge on any atom is -0.401 e. The van der Waals surface area contributed by atoms with Gasteiger partial charge in [-0.15, -0.1) is 0 Å². The summed E-state index contributed by atoms with van der Waals surface area (Å²) in [6.45, 7) is 3.03. The molecule has 0 aliphatic carbocycles. The van der Waals surface area contributed by atoms with Crippen molar-refractivity contribution in [3.05, 3.63) is 12.7 Å². The predicted octanol–water partition coefficient (Wildman–Crippen LogP) is 0.00410. The zero-order valence-corrected chi connectivity index (χ0v) is 4.09. The number of hydrogen-bond acceptors (Lipinski definition) is 3. The molecule has 0 aliphatic rings. The fraction of sp³-hybridized carbons (Fsp3) is 0. The number of rotatable bonds is 1. The minimum absolute atomic E-state index is 0.836. The highest BCUT2D eigenvalue weighted by molar-refractivity contribution is 6.56. The summed E-state index contributed by atoms with van der Waals surface area (Å²) in [5.41, 5.74) is 0. The van der Waals surface area contributed by atoms with E-state index in [0.717, 1.165) is 6.08 Å². The summed E-state index contributed by atoms with van der Waals surface area (Å²) < 4.78 is 3.78. The summed E-state index contributed by atoms with van der Waals surface area (Å²) in [6.07, 6.45) is 0.852. The molecule has 0 aromatic rings. The van der Waals surface area contributed by atoms with Gasteiger partial charge in [0.25, 0.3) is 0 Å². The number of esters is 1. The van der Waals surface area contributed by atoms with Gasteiger partial charge in [0.15, 0.2) is 0 Å². The van der Waals surface area contributed by atoms with Crippen molar-refractivity contribution in [2.75, 3.05) is 0 Å². The second-order valence-corrected chi connectivity index (χ2v) is 0.944. The van der Waals surface area contributed by atoms with Gasteiger partial charge < -0.3 is 4.74 Å². The fourth-order valence-electron chi connectivity index (χ4n) is 0.141. The van der Waals surface area contributed by atoms with E-state index in [0.29, 0.717) is 0 Å². The van der Waals surface area contributed by atoms with Crippen molar-refractivity contribution in [2.24, 2.45) is 0 Å². The van der Waals surface area contributed by atoms with Gasteiger partial charge in [-0.25, -0.2) is 4.79 Å². The molecule has 0 aromatic carbocycles. The number of ether oxygens (including phenoxy) is 1. The van der Waals surface area contributed by atoms with Gasteiger partial charge in [-0.1, -0.05) is 6.58 Å². The van der Waals surface area contributed by atoms with E-state index in [1.54, 1.807) is 0 Å². The van der Waals surface area contributed by atoms with Gasteiger partial charge in [0, 0.05) is 6.08 Å². The monoisotopic (exact) mass is 110 g/mol. The summed E-state index contributed by atoms with van der Waals surface area (Å²) in [5, 5.41) is 0. The Kier molecular flexibility index (Phi) is 2.62. The maximum Gasteiger partial charge on any atom is 0.337 e. The van der Waals surface area contributed by atoms with Crippen LogP contribution in [-0.4, -0.2) is 19.7 Å². The Balaban J connectivity index is 3.55. The van der Waals surface area contributed by atoms with Crippen molar-refractivity contribution in [2.45, 2.75) is 0 Å². The van der Waals surface area contributed by atoms with Crippen molar-refractivity contribution in [1.82, 2.24) is 0 Å². The average molecular weight is 110 g/mol. The van der Waals surface area contributed by atoms with Crippen LogP contribution in [0.1, 0.15) is 0 Å². The van der Waals surface area contributed by atoms with Crippen LogP contribution in [0.4, 0.5) is 4.79 Å². The molecule has 0 fully saturated rings. The molecule has 0 spiro atoms. The van der Waals surface area contributed by atoms with E-state index in [1.807, 2.05) is 0 Å². The first-order valence-corrected chi connectivity index (χ1v) is 1.80. The molecule has 0 amide bonds. The van der Waals surface area contributed by atoms with Crippen molar-refractivity contribution in [3.8, 4) is 0 Å². The lowest BCUT2D eigenvalue weighted by Gasteiger charge is -1.89. The molecule has 0 heterocycles. The van der Waals surface area contributed by atoms with E-state index in [-0.39, 0.29) is 0 Å². The van der Waals surface area contributed by atoms with E-state index in [1.165, 1.54) is 0 Å². The molecule has 0 saturated carbocycles. The van der Waals surface area contributed by atoms with E-state index >= 15 is 0 Å². The standard InChI is InChI=1S/C4H3BO3/c1-2-3(6)8-4(5)7/h2H,1H2. The molecular formula is C4H3BO3. The highest BCUT2D eigenvalue weighted by Crippen LogP contribution is 1.77. The molecule has 3 nitrogen and oxygen atoms in total. The molecule has 8 heavy (non-hydrogen) atoms. The fourth-order valence-corrected chi connectivity index (χ4v) is 0.141. The molecule has 0 saturated heterocycles. The van der Waals surface area contributed by atoms with Gasteiger partial charge >= 0.3 is 5.97 Å². The van der Waals surface area contributed by atoms with E-state index < -0.39 is 11.8 Å². The predicted molar refractivity (Wildman–Crippen MR) is 27.4 cm³/mol. The Morgan fingerprint density at radius 3 is 2.25 bits per heavy atom. The van der Waals surface area contributed by atoms with Crippen LogP contribution in [0.5, 0.6) is 0 Å². The van der Waals surface area contributed by atoms with E-state index in [9.17, 15) is 9.59 Å². The number of carbonyl (C=O) groups excluding carboxylic acids is 2. The van der Waals surface area contributed by atoms with Crippen molar-refractivity contribution >= 4 is 19.7 Å². The van der Waals surface area contributed by atoms with Crippen LogP contribution in [-0.2, 0) is 9.53 Å². The van der Waals surface area contributed by atoms with Crippen LogP contribution in [0.25, 0.3) is 0 Å². The Morgan fingerprint density at radius 2 is 2.12 bits per heavy atom. The highest BCUT2D eigenvalue weighted by atomic mass is 16.6. The molecular weight excluding hydrogens is 107 g/mol. The summed E-state index contributed by atoms with van der Waals surface area (Å²) in [4.78, 5) is 19.7. The minimum atomic E-state index is -1.12. The molecule has 0 aromatic heterocycles.